The summed E-state index contributed by atoms with van der Waals surface area (Å²) in [5, 5.41) is 9.69. The molecule has 148 valence electrons. The average Bonchev–Trinajstić information content (AvgIpc) is 3.20. The Kier molecular flexibility index (Phi) is 5.31. The Bertz CT molecular complexity index is 849. The molecule has 7 nitrogen and oxygen atoms in total. The van der Waals surface area contributed by atoms with E-state index in [0.29, 0.717) is 26.1 Å². The van der Waals surface area contributed by atoms with Crippen molar-refractivity contribution < 1.29 is 23.1 Å². The van der Waals surface area contributed by atoms with Gasteiger partial charge in [-0.2, -0.15) is 4.31 Å². The molecule has 1 N–H and O–H groups in total. The SMILES string of the molecule is CCN(CC)S(=O)(=O)c1cccc(C(=O)N2C[C@@H]3CCC[C@@]3(C(=O)O)C2)c1. The molecule has 1 saturated carbocycles. The highest BCUT2D eigenvalue weighted by Gasteiger charge is 2.55. The van der Waals surface area contributed by atoms with Crippen molar-refractivity contribution in [3.8, 4) is 0 Å². The second kappa shape index (κ2) is 7.24. The number of hydrogen-bond donors (Lipinski definition) is 1. The lowest BCUT2D eigenvalue weighted by atomic mass is 9.81. The third-order valence-electron chi connectivity index (χ3n) is 6.01. The summed E-state index contributed by atoms with van der Waals surface area (Å²) < 4.78 is 26.8. The molecule has 2 aliphatic rings. The molecule has 3 rings (SSSR count). The van der Waals surface area contributed by atoms with Gasteiger partial charge in [0.05, 0.1) is 10.3 Å². The zero-order valence-electron chi connectivity index (χ0n) is 15.7. The second-order valence-corrected chi connectivity index (χ2v) is 9.29. The Morgan fingerprint density at radius 3 is 2.59 bits per heavy atom. The van der Waals surface area contributed by atoms with E-state index in [4.69, 9.17) is 0 Å². The second-order valence-electron chi connectivity index (χ2n) is 7.35. The normalized spacial score (nSPS) is 25.0. The fourth-order valence-corrected chi connectivity index (χ4v) is 5.98. The van der Waals surface area contributed by atoms with Gasteiger partial charge in [-0.3, -0.25) is 9.59 Å². The van der Waals surface area contributed by atoms with Crippen LogP contribution in [-0.4, -0.2) is 60.8 Å². The Balaban J connectivity index is 1.86. The maximum atomic E-state index is 13.0. The van der Waals surface area contributed by atoms with Gasteiger partial charge in [-0.1, -0.05) is 26.3 Å². The molecule has 1 aliphatic heterocycles. The topological polar surface area (TPSA) is 95.0 Å². The van der Waals surface area contributed by atoms with Crippen molar-refractivity contribution in [1.29, 1.82) is 0 Å². The summed E-state index contributed by atoms with van der Waals surface area (Å²) in [5.74, 6) is -1.17. The molecule has 27 heavy (non-hydrogen) atoms. The van der Waals surface area contributed by atoms with Crippen LogP contribution in [0.3, 0.4) is 0 Å². The molecule has 0 spiro atoms. The summed E-state index contributed by atoms with van der Waals surface area (Å²) in [4.78, 5) is 26.4. The highest BCUT2D eigenvalue weighted by atomic mass is 32.2. The van der Waals surface area contributed by atoms with Crippen LogP contribution >= 0.6 is 0 Å². The van der Waals surface area contributed by atoms with E-state index in [1.165, 1.54) is 16.4 Å². The number of carboxylic acids is 1. The van der Waals surface area contributed by atoms with E-state index in [0.717, 1.165) is 12.8 Å². The number of carboxylic acid groups (broad SMARTS) is 1. The fraction of sp³-hybridized carbons (Fsp3) is 0.579. The van der Waals surface area contributed by atoms with Crippen LogP contribution in [0.2, 0.25) is 0 Å². The van der Waals surface area contributed by atoms with E-state index < -0.39 is 21.4 Å². The lowest BCUT2D eigenvalue weighted by molar-refractivity contribution is -0.149. The third kappa shape index (κ3) is 3.25. The highest BCUT2D eigenvalue weighted by molar-refractivity contribution is 7.89. The molecule has 0 radical (unpaired) electrons. The fourth-order valence-electron chi connectivity index (χ4n) is 4.48. The first-order valence-electron chi connectivity index (χ1n) is 9.39. The summed E-state index contributed by atoms with van der Waals surface area (Å²) in [7, 11) is -3.65. The maximum Gasteiger partial charge on any atom is 0.311 e. The van der Waals surface area contributed by atoms with E-state index in [-0.39, 0.29) is 28.8 Å². The van der Waals surface area contributed by atoms with Crippen LogP contribution in [0.1, 0.15) is 43.5 Å². The number of aliphatic carboxylic acids is 1. The standard InChI is InChI=1S/C19H26N2O5S/c1-3-21(4-2)27(25,26)16-9-5-7-14(11-16)17(22)20-12-15-8-6-10-19(15,13-20)18(23)24/h5,7,9,11,15H,3-4,6,8,10,12-13H2,1-2H3,(H,23,24)/t15-,19+/m0/s1. The predicted molar refractivity (Wildman–Crippen MR) is 99.9 cm³/mol. The van der Waals surface area contributed by atoms with Gasteiger partial charge in [-0.25, -0.2) is 8.42 Å². The number of carbonyl (C=O) groups excluding carboxylic acids is 1. The van der Waals surface area contributed by atoms with E-state index >= 15 is 0 Å². The molecule has 1 aromatic rings. The summed E-state index contributed by atoms with van der Waals surface area (Å²) in [5.41, 5.74) is -0.565. The minimum atomic E-state index is -3.65. The quantitative estimate of drug-likeness (QED) is 0.797. The molecular weight excluding hydrogens is 368 g/mol. The number of benzene rings is 1. The van der Waals surface area contributed by atoms with Crippen LogP contribution in [0.5, 0.6) is 0 Å². The molecule has 2 fully saturated rings. The monoisotopic (exact) mass is 394 g/mol. The molecule has 0 unspecified atom stereocenters. The van der Waals surface area contributed by atoms with Crippen molar-refractivity contribution in [1.82, 2.24) is 9.21 Å². The predicted octanol–water partition coefficient (Wildman–Crippen LogP) is 2.04. The van der Waals surface area contributed by atoms with Gasteiger partial charge in [-0.05, 0) is 37.0 Å². The molecule has 0 bridgehead atoms. The van der Waals surface area contributed by atoms with E-state index in [9.17, 15) is 23.1 Å². The number of amides is 1. The Morgan fingerprint density at radius 2 is 2.00 bits per heavy atom. The highest BCUT2D eigenvalue weighted by Crippen LogP contribution is 2.49. The number of rotatable bonds is 6. The molecule has 0 aromatic heterocycles. The molecule has 1 saturated heterocycles. The Morgan fingerprint density at radius 1 is 1.30 bits per heavy atom. The molecule has 1 aliphatic carbocycles. The van der Waals surface area contributed by atoms with E-state index in [1.54, 1.807) is 30.9 Å². The van der Waals surface area contributed by atoms with Gasteiger partial charge < -0.3 is 10.0 Å². The number of sulfonamides is 1. The summed E-state index contributed by atoms with van der Waals surface area (Å²) >= 11 is 0. The largest absolute Gasteiger partial charge is 0.481 e. The zero-order chi connectivity index (χ0) is 19.8. The van der Waals surface area contributed by atoms with Gasteiger partial charge in [0.2, 0.25) is 10.0 Å². The van der Waals surface area contributed by atoms with Crippen molar-refractivity contribution in [2.75, 3.05) is 26.2 Å². The molecule has 1 amide bonds. The Labute approximate surface area is 160 Å². The summed E-state index contributed by atoms with van der Waals surface area (Å²) in [6.45, 7) is 4.85. The van der Waals surface area contributed by atoms with Crippen LogP contribution < -0.4 is 0 Å². The summed E-state index contributed by atoms with van der Waals surface area (Å²) in [6.07, 6.45) is 2.27. The van der Waals surface area contributed by atoms with Crippen molar-refractivity contribution in [3.63, 3.8) is 0 Å². The first-order chi connectivity index (χ1) is 12.8. The minimum absolute atomic E-state index is 0.0264. The average molecular weight is 394 g/mol. The van der Waals surface area contributed by atoms with Crippen molar-refractivity contribution >= 4 is 21.9 Å². The number of carbonyl (C=O) groups is 2. The first-order valence-corrected chi connectivity index (χ1v) is 10.8. The molecule has 2 atom stereocenters. The first kappa shape index (κ1) is 19.8. The smallest absolute Gasteiger partial charge is 0.311 e. The third-order valence-corrected chi connectivity index (χ3v) is 8.05. The maximum absolute atomic E-state index is 13.0. The van der Waals surface area contributed by atoms with Crippen LogP contribution in [0.25, 0.3) is 0 Å². The van der Waals surface area contributed by atoms with Gasteiger partial charge in [0, 0.05) is 31.7 Å². The number of likely N-dealkylation sites (tertiary alicyclic amines) is 1. The zero-order valence-corrected chi connectivity index (χ0v) is 16.5. The number of hydrogen-bond acceptors (Lipinski definition) is 4. The molecule has 1 aromatic carbocycles. The van der Waals surface area contributed by atoms with Crippen LogP contribution in [-0.2, 0) is 14.8 Å². The number of nitrogens with zero attached hydrogens (tertiary/aromatic N) is 2. The van der Waals surface area contributed by atoms with Crippen molar-refractivity contribution in [2.24, 2.45) is 11.3 Å². The van der Waals surface area contributed by atoms with E-state index in [2.05, 4.69) is 0 Å². The van der Waals surface area contributed by atoms with Gasteiger partial charge in [-0.15, -0.1) is 0 Å². The van der Waals surface area contributed by atoms with Gasteiger partial charge in [0.25, 0.3) is 5.91 Å². The van der Waals surface area contributed by atoms with Gasteiger partial charge in [0.1, 0.15) is 0 Å². The molecule has 8 heteroatoms. The number of fused-ring (bicyclic) bond motifs is 1. The van der Waals surface area contributed by atoms with Crippen LogP contribution in [0.15, 0.2) is 29.2 Å². The van der Waals surface area contributed by atoms with E-state index in [1.807, 2.05) is 0 Å². The van der Waals surface area contributed by atoms with Crippen LogP contribution in [0, 0.1) is 11.3 Å². The van der Waals surface area contributed by atoms with Crippen LogP contribution in [0.4, 0.5) is 0 Å². The van der Waals surface area contributed by atoms with Gasteiger partial charge >= 0.3 is 5.97 Å². The lowest BCUT2D eigenvalue weighted by Gasteiger charge is -2.23. The molecular formula is C19H26N2O5S. The van der Waals surface area contributed by atoms with Crippen molar-refractivity contribution in [2.45, 2.75) is 38.0 Å². The lowest BCUT2D eigenvalue weighted by Crippen LogP contribution is -2.37. The summed E-state index contributed by atoms with van der Waals surface area (Å²) in [6, 6.07) is 6.04. The minimum Gasteiger partial charge on any atom is -0.481 e. The van der Waals surface area contributed by atoms with Gasteiger partial charge in [0.15, 0.2) is 0 Å². The Hall–Kier alpha value is -1.93. The molecule has 1 heterocycles. The van der Waals surface area contributed by atoms with Crippen molar-refractivity contribution in [3.05, 3.63) is 29.8 Å².